The highest BCUT2D eigenvalue weighted by molar-refractivity contribution is 6.31. The first-order valence-electron chi connectivity index (χ1n) is 17.1. The molecule has 0 N–H and O–H groups in total. The van der Waals surface area contributed by atoms with Gasteiger partial charge in [-0.1, -0.05) is 97.1 Å². The smallest absolute Gasteiger partial charge is 0.165 e. The van der Waals surface area contributed by atoms with E-state index in [2.05, 4.69) is 155 Å². The van der Waals surface area contributed by atoms with Crippen LogP contribution in [0.3, 0.4) is 0 Å². The molecule has 0 saturated carbocycles. The lowest BCUT2D eigenvalue weighted by atomic mass is 9.97. The van der Waals surface area contributed by atoms with E-state index >= 15 is 0 Å². The second-order valence-electron chi connectivity index (χ2n) is 13.4. The maximum atomic E-state index is 5.20. The second kappa shape index (κ2) is 9.43. The average molecular weight is 635 g/mol. The van der Waals surface area contributed by atoms with Crippen molar-refractivity contribution in [1.29, 1.82) is 0 Å². The molecular weight excluding hydrogens is 609 g/mol. The minimum Gasteiger partial charge on any atom is -0.309 e. The predicted molar refractivity (Wildman–Crippen MR) is 209 cm³/mol. The number of nitrogens with zero attached hydrogens (tertiary/aromatic N) is 4. The number of aromatic nitrogens is 4. The van der Waals surface area contributed by atoms with Gasteiger partial charge < -0.3 is 4.57 Å². The van der Waals surface area contributed by atoms with Crippen molar-refractivity contribution in [2.24, 2.45) is 0 Å². The molecule has 0 fully saturated rings. The normalized spacial score (nSPS) is 12.4. The maximum Gasteiger partial charge on any atom is 0.165 e. The van der Waals surface area contributed by atoms with Gasteiger partial charge in [0.25, 0.3) is 0 Å². The molecule has 0 unspecified atom stereocenters. The summed E-state index contributed by atoms with van der Waals surface area (Å²) in [5.74, 6) is 0. The molecule has 4 aromatic heterocycles. The Morgan fingerprint density at radius 2 is 1.02 bits per heavy atom. The van der Waals surface area contributed by atoms with E-state index in [0.717, 1.165) is 38.8 Å². The molecule has 50 heavy (non-hydrogen) atoms. The number of rotatable bonds is 2. The van der Waals surface area contributed by atoms with Gasteiger partial charge in [-0.15, -0.1) is 0 Å². The molecule has 230 valence electrons. The molecule has 12 aromatic rings. The first-order chi connectivity index (χ1) is 24.8. The molecular formula is C46H26N4. The van der Waals surface area contributed by atoms with Gasteiger partial charge in [-0.3, -0.25) is 4.40 Å². The molecule has 8 aromatic carbocycles. The van der Waals surface area contributed by atoms with Gasteiger partial charge >= 0.3 is 0 Å². The third-order valence-corrected chi connectivity index (χ3v) is 10.8. The van der Waals surface area contributed by atoms with Crippen LogP contribution >= 0.6 is 0 Å². The lowest BCUT2D eigenvalue weighted by molar-refractivity contribution is 1.18. The van der Waals surface area contributed by atoms with Crippen molar-refractivity contribution < 1.29 is 0 Å². The van der Waals surface area contributed by atoms with Gasteiger partial charge in [0.15, 0.2) is 5.65 Å². The van der Waals surface area contributed by atoms with E-state index in [1.165, 1.54) is 70.8 Å². The Hall–Kier alpha value is -6.78. The summed E-state index contributed by atoms with van der Waals surface area (Å²) in [7, 11) is 0. The minimum absolute atomic E-state index is 0.906. The van der Waals surface area contributed by atoms with E-state index in [4.69, 9.17) is 9.97 Å². The standard InChI is InChI=1S/C46H26N4/c1-2-12-31(13-3-1)49-39-21-19-28(24-34(39)42-32-14-6-4-10-27(32)18-23-41(42)49)29-20-22-40-35(25-29)43-33-15-7-5-11-30(33)26-36-44-46(50(40)45(36)43)48-38-17-9-8-16-37(38)47-44/h1-26H. The Bertz CT molecular complexity index is 3370. The molecule has 0 aliphatic heterocycles. The van der Waals surface area contributed by atoms with Crippen molar-refractivity contribution >= 4 is 92.7 Å². The van der Waals surface area contributed by atoms with Crippen molar-refractivity contribution in [1.82, 2.24) is 18.9 Å². The van der Waals surface area contributed by atoms with Crippen LogP contribution in [-0.4, -0.2) is 18.9 Å². The molecule has 4 heterocycles. The van der Waals surface area contributed by atoms with Crippen LogP contribution < -0.4 is 0 Å². The van der Waals surface area contributed by atoms with E-state index in [9.17, 15) is 0 Å². The molecule has 0 aliphatic rings. The second-order valence-corrected chi connectivity index (χ2v) is 13.4. The molecule has 0 atom stereocenters. The van der Waals surface area contributed by atoms with E-state index in [1.807, 2.05) is 12.1 Å². The molecule has 0 amide bonds. The summed E-state index contributed by atoms with van der Waals surface area (Å²) >= 11 is 0. The van der Waals surface area contributed by atoms with E-state index in [1.54, 1.807) is 0 Å². The Balaban J connectivity index is 1.18. The third-order valence-electron chi connectivity index (χ3n) is 10.8. The number of hydrogen-bond donors (Lipinski definition) is 0. The molecule has 12 rings (SSSR count). The van der Waals surface area contributed by atoms with Crippen LogP contribution in [0.2, 0.25) is 0 Å². The topological polar surface area (TPSA) is 35.1 Å². The minimum atomic E-state index is 0.906. The molecule has 0 radical (unpaired) electrons. The van der Waals surface area contributed by atoms with Gasteiger partial charge in [-0.25, -0.2) is 9.97 Å². The molecule has 0 saturated heterocycles. The van der Waals surface area contributed by atoms with Crippen LogP contribution in [0.4, 0.5) is 0 Å². The van der Waals surface area contributed by atoms with Crippen LogP contribution in [0, 0.1) is 0 Å². The van der Waals surface area contributed by atoms with Gasteiger partial charge in [0.1, 0.15) is 5.52 Å². The van der Waals surface area contributed by atoms with Crippen molar-refractivity contribution in [2.75, 3.05) is 0 Å². The monoisotopic (exact) mass is 634 g/mol. The lowest BCUT2D eigenvalue weighted by Gasteiger charge is -2.08. The van der Waals surface area contributed by atoms with Crippen LogP contribution in [0.5, 0.6) is 0 Å². The van der Waals surface area contributed by atoms with E-state index in [0.29, 0.717) is 0 Å². The Morgan fingerprint density at radius 3 is 1.82 bits per heavy atom. The van der Waals surface area contributed by atoms with Crippen molar-refractivity contribution in [3.05, 3.63) is 158 Å². The quantitative estimate of drug-likeness (QED) is 0.190. The number of hydrogen-bond acceptors (Lipinski definition) is 2. The summed E-state index contributed by atoms with van der Waals surface area (Å²) < 4.78 is 4.74. The van der Waals surface area contributed by atoms with Gasteiger partial charge in [-0.05, 0) is 93.3 Å². The highest BCUT2D eigenvalue weighted by Crippen LogP contribution is 2.44. The highest BCUT2D eigenvalue weighted by Gasteiger charge is 2.23. The fourth-order valence-electron chi connectivity index (χ4n) is 8.63. The predicted octanol–water partition coefficient (Wildman–Crippen LogP) is 11.9. The van der Waals surface area contributed by atoms with Gasteiger partial charge in [-0.2, -0.15) is 0 Å². The molecule has 4 heteroatoms. The van der Waals surface area contributed by atoms with Crippen molar-refractivity contribution in [3.8, 4) is 16.8 Å². The van der Waals surface area contributed by atoms with E-state index in [-0.39, 0.29) is 0 Å². The average Bonchev–Trinajstić information content (AvgIpc) is 3.81. The van der Waals surface area contributed by atoms with Crippen LogP contribution in [0.1, 0.15) is 0 Å². The fraction of sp³-hybridized carbons (Fsp3) is 0. The lowest BCUT2D eigenvalue weighted by Crippen LogP contribution is -1.93. The van der Waals surface area contributed by atoms with Crippen molar-refractivity contribution in [2.45, 2.75) is 0 Å². The van der Waals surface area contributed by atoms with E-state index < -0.39 is 0 Å². The largest absolute Gasteiger partial charge is 0.309 e. The summed E-state index contributed by atoms with van der Waals surface area (Å²) in [6.45, 7) is 0. The van der Waals surface area contributed by atoms with Gasteiger partial charge in [0, 0.05) is 32.6 Å². The van der Waals surface area contributed by atoms with Crippen molar-refractivity contribution in [3.63, 3.8) is 0 Å². The fourth-order valence-corrected chi connectivity index (χ4v) is 8.63. The number of fused-ring (bicyclic) bond motifs is 14. The summed E-state index contributed by atoms with van der Waals surface area (Å²) in [6, 6.07) is 57.1. The third kappa shape index (κ3) is 3.34. The Morgan fingerprint density at radius 1 is 0.400 bits per heavy atom. The molecule has 4 nitrogen and oxygen atoms in total. The molecule has 0 spiro atoms. The first kappa shape index (κ1) is 26.2. The number of benzene rings is 8. The SMILES string of the molecule is c1ccc(-n2c3ccc(-c4ccc5c(c4)c4c6ccccc6cc6c7nc8ccccc8nc7n5c64)cc3c3c4ccccc4ccc32)cc1. The first-order valence-corrected chi connectivity index (χ1v) is 17.1. The zero-order valence-corrected chi connectivity index (χ0v) is 26.8. The summed E-state index contributed by atoms with van der Waals surface area (Å²) in [5, 5.41) is 11.2. The number of para-hydroxylation sites is 3. The summed E-state index contributed by atoms with van der Waals surface area (Å²) in [4.78, 5) is 10.4. The van der Waals surface area contributed by atoms with Gasteiger partial charge in [0.05, 0.1) is 33.1 Å². The van der Waals surface area contributed by atoms with Crippen LogP contribution in [0.15, 0.2) is 158 Å². The summed E-state index contributed by atoms with van der Waals surface area (Å²) in [5.41, 5.74) is 12.0. The highest BCUT2D eigenvalue weighted by atomic mass is 15.0. The summed E-state index contributed by atoms with van der Waals surface area (Å²) in [6.07, 6.45) is 0. The molecule has 0 bridgehead atoms. The van der Waals surface area contributed by atoms with Gasteiger partial charge in [0.2, 0.25) is 0 Å². The Labute approximate surface area is 285 Å². The van der Waals surface area contributed by atoms with Crippen LogP contribution in [-0.2, 0) is 0 Å². The zero-order valence-electron chi connectivity index (χ0n) is 26.8. The molecule has 0 aliphatic carbocycles. The maximum absolute atomic E-state index is 5.20. The Kier molecular flexibility index (Phi) is 4.94. The zero-order chi connectivity index (χ0) is 32.5. The van der Waals surface area contributed by atoms with Crippen LogP contribution in [0.25, 0.3) is 110 Å².